The Labute approximate surface area is 195 Å². The van der Waals surface area contributed by atoms with Crippen LogP contribution < -0.4 is 4.74 Å². The van der Waals surface area contributed by atoms with Gasteiger partial charge in [0.2, 0.25) is 6.29 Å². The van der Waals surface area contributed by atoms with E-state index < -0.39 is 0 Å². The second kappa shape index (κ2) is 9.37. The molecule has 174 valence electrons. The monoisotopic (exact) mass is 434 g/mol. The molecule has 2 bridgehead atoms. The molecule has 0 aromatic heterocycles. The lowest BCUT2D eigenvalue weighted by Gasteiger charge is -2.40. The van der Waals surface area contributed by atoms with Crippen molar-refractivity contribution < 1.29 is 9.47 Å². The van der Waals surface area contributed by atoms with E-state index in [1.165, 1.54) is 80.5 Å². The Morgan fingerprint density at radius 2 is 1.75 bits per heavy atom. The average Bonchev–Trinajstić information content (AvgIpc) is 3.44. The van der Waals surface area contributed by atoms with Crippen LogP contribution >= 0.6 is 0 Å². The van der Waals surface area contributed by atoms with E-state index in [4.69, 9.17) is 9.47 Å². The van der Waals surface area contributed by atoms with Gasteiger partial charge >= 0.3 is 0 Å². The van der Waals surface area contributed by atoms with Crippen LogP contribution in [0.15, 0.2) is 36.4 Å². The fourth-order valence-corrected chi connectivity index (χ4v) is 6.75. The zero-order chi connectivity index (χ0) is 22.1. The van der Waals surface area contributed by atoms with Crippen molar-refractivity contribution in [3.63, 3.8) is 0 Å². The van der Waals surface area contributed by atoms with E-state index in [-0.39, 0.29) is 11.7 Å². The number of fused-ring (bicyclic) bond motifs is 3. The third-order valence-corrected chi connectivity index (χ3v) is 9.17. The Balaban J connectivity index is 1.33. The van der Waals surface area contributed by atoms with Gasteiger partial charge in [-0.3, -0.25) is 0 Å². The molecule has 0 aliphatic heterocycles. The first-order chi connectivity index (χ1) is 15.5. The highest BCUT2D eigenvalue weighted by atomic mass is 16.7. The van der Waals surface area contributed by atoms with Gasteiger partial charge in [0, 0.05) is 5.41 Å². The third kappa shape index (κ3) is 4.58. The van der Waals surface area contributed by atoms with Crippen molar-refractivity contribution in [3.05, 3.63) is 42.0 Å². The smallest absolute Gasteiger partial charge is 0.205 e. The van der Waals surface area contributed by atoms with Gasteiger partial charge in [0.1, 0.15) is 5.75 Å². The highest BCUT2D eigenvalue weighted by Gasteiger charge is 2.42. The molecule has 5 rings (SSSR count). The lowest BCUT2D eigenvalue weighted by molar-refractivity contribution is -0.172. The number of hydrogen-bond acceptors (Lipinski definition) is 2. The molecule has 32 heavy (non-hydrogen) atoms. The van der Waals surface area contributed by atoms with Crippen LogP contribution in [0, 0.1) is 23.2 Å². The lowest BCUT2D eigenvalue weighted by Crippen LogP contribution is -2.42. The molecule has 5 atom stereocenters. The number of ether oxygens (including phenoxy) is 2. The van der Waals surface area contributed by atoms with E-state index in [1.54, 1.807) is 0 Å². The molecule has 2 aromatic rings. The highest BCUT2D eigenvalue weighted by molar-refractivity contribution is 5.84. The number of hydrogen-bond donors (Lipinski definition) is 0. The zero-order valence-corrected chi connectivity index (χ0v) is 20.4. The summed E-state index contributed by atoms with van der Waals surface area (Å²) in [7, 11) is 0. The second-order valence-corrected chi connectivity index (χ2v) is 11.5. The van der Waals surface area contributed by atoms with E-state index in [2.05, 4.69) is 57.2 Å². The Morgan fingerprint density at radius 3 is 2.47 bits per heavy atom. The van der Waals surface area contributed by atoms with Crippen molar-refractivity contribution in [2.24, 2.45) is 23.2 Å². The molecular formula is C30H42O2. The van der Waals surface area contributed by atoms with Crippen LogP contribution in [-0.4, -0.2) is 12.9 Å². The maximum absolute atomic E-state index is 6.68. The molecule has 2 heteroatoms. The molecule has 0 spiro atoms. The first kappa shape index (κ1) is 22.3. The van der Waals surface area contributed by atoms with Gasteiger partial charge in [-0.25, -0.2) is 0 Å². The van der Waals surface area contributed by atoms with Crippen molar-refractivity contribution in [1.82, 2.24) is 0 Å². The molecule has 3 aliphatic rings. The Kier molecular flexibility index (Phi) is 6.52. The molecule has 0 N–H and O–H groups in total. The van der Waals surface area contributed by atoms with E-state index in [1.807, 2.05) is 0 Å². The Hall–Kier alpha value is -1.54. The summed E-state index contributed by atoms with van der Waals surface area (Å²) in [6.07, 6.45) is 13.1. The summed E-state index contributed by atoms with van der Waals surface area (Å²) < 4.78 is 13.4. The van der Waals surface area contributed by atoms with Gasteiger partial charge in [-0.1, -0.05) is 70.7 Å². The number of benzene rings is 2. The topological polar surface area (TPSA) is 18.5 Å². The standard InChI is InChI=1S/C30H42O2/c1-4-21(2)23-10-11-26-19-28(13-12-25(26)18-23)32-29(30(3)14-6-5-7-15-30)31-20-27-17-22-8-9-24(27)16-22/h10-13,18-19,21-22,24,27,29H,4-9,14-17,20H2,1-3H3. The summed E-state index contributed by atoms with van der Waals surface area (Å²) in [4.78, 5) is 0. The van der Waals surface area contributed by atoms with Crippen LogP contribution in [-0.2, 0) is 4.74 Å². The first-order valence-corrected chi connectivity index (χ1v) is 13.4. The molecular weight excluding hydrogens is 392 g/mol. The lowest BCUT2D eigenvalue weighted by atomic mass is 9.75. The predicted molar refractivity (Wildman–Crippen MR) is 133 cm³/mol. The summed E-state index contributed by atoms with van der Waals surface area (Å²) in [5, 5.41) is 2.56. The van der Waals surface area contributed by atoms with E-state index in [0.29, 0.717) is 5.92 Å². The molecule has 0 saturated heterocycles. The van der Waals surface area contributed by atoms with Gasteiger partial charge in [0.25, 0.3) is 0 Å². The minimum Gasteiger partial charge on any atom is -0.464 e. The average molecular weight is 435 g/mol. The van der Waals surface area contributed by atoms with Gasteiger partial charge < -0.3 is 9.47 Å². The second-order valence-electron chi connectivity index (χ2n) is 11.5. The van der Waals surface area contributed by atoms with Crippen molar-refractivity contribution in [3.8, 4) is 5.75 Å². The molecule has 3 fully saturated rings. The summed E-state index contributed by atoms with van der Waals surface area (Å²) in [6, 6.07) is 13.5. The van der Waals surface area contributed by atoms with Crippen LogP contribution in [0.4, 0.5) is 0 Å². The SMILES string of the molecule is CCC(C)c1ccc2cc(OC(OCC3CC4CCC3C4)C3(C)CCCCC3)ccc2c1. The Morgan fingerprint density at radius 1 is 0.969 bits per heavy atom. The van der Waals surface area contributed by atoms with Crippen molar-refractivity contribution in [2.75, 3.05) is 6.61 Å². The van der Waals surface area contributed by atoms with E-state index in [9.17, 15) is 0 Å². The predicted octanol–water partition coefficient (Wildman–Crippen LogP) is 8.48. The fourth-order valence-electron chi connectivity index (χ4n) is 6.75. The molecule has 0 amide bonds. The van der Waals surface area contributed by atoms with Gasteiger partial charge in [0.05, 0.1) is 6.61 Å². The highest BCUT2D eigenvalue weighted by Crippen LogP contribution is 2.49. The molecule has 2 aromatic carbocycles. The Bertz CT molecular complexity index is 912. The van der Waals surface area contributed by atoms with Crippen LogP contribution in [0.1, 0.15) is 96.5 Å². The fraction of sp³-hybridized carbons (Fsp3) is 0.667. The summed E-state index contributed by atoms with van der Waals surface area (Å²) in [6.45, 7) is 7.85. The van der Waals surface area contributed by atoms with E-state index >= 15 is 0 Å². The number of rotatable bonds is 8. The largest absolute Gasteiger partial charge is 0.464 e. The minimum absolute atomic E-state index is 0.116. The maximum Gasteiger partial charge on any atom is 0.205 e. The molecule has 5 unspecified atom stereocenters. The van der Waals surface area contributed by atoms with E-state index in [0.717, 1.165) is 30.1 Å². The molecule has 3 saturated carbocycles. The van der Waals surface area contributed by atoms with Crippen molar-refractivity contribution in [1.29, 1.82) is 0 Å². The molecule has 3 aliphatic carbocycles. The molecule has 0 radical (unpaired) electrons. The third-order valence-electron chi connectivity index (χ3n) is 9.17. The summed E-state index contributed by atoms with van der Waals surface area (Å²) in [5.74, 6) is 4.19. The van der Waals surface area contributed by atoms with Gasteiger partial charge in [-0.05, 0) is 90.7 Å². The van der Waals surface area contributed by atoms with Crippen molar-refractivity contribution in [2.45, 2.75) is 97.2 Å². The quantitative estimate of drug-likeness (QED) is 0.388. The first-order valence-electron chi connectivity index (χ1n) is 13.4. The van der Waals surface area contributed by atoms with Crippen LogP contribution in [0.5, 0.6) is 5.75 Å². The summed E-state index contributed by atoms with van der Waals surface area (Å²) in [5.41, 5.74) is 1.54. The summed E-state index contributed by atoms with van der Waals surface area (Å²) >= 11 is 0. The van der Waals surface area contributed by atoms with Crippen LogP contribution in [0.3, 0.4) is 0 Å². The van der Waals surface area contributed by atoms with Gasteiger partial charge in [-0.2, -0.15) is 0 Å². The molecule has 0 heterocycles. The van der Waals surface area contributed by atoms with Crippen LogP contribution in [0.2, 0.25) is 0 Å². The van der Waals surface area contributed by atoms with Gasteiger partial charge in [-0.15, -0.1) is 0 Å². The minimum atomic E-state index is -0.140. The van der Waals surface area contributed by atoms with Crippen molar-refractivity contribution >= 4 is 10.8 Å². The van der Waals surface area contributed by atoms with Crippen LogP contribution in [0.25, 0.3) is 10.8 Å². The normalized spacial score (nSPS) is 28.7. The molecule has 2 nitrogen and oxygen atoms in total. The maximum atomic E-state index is 6.68. The zero-order valence-electron chi connectivity index (χ0n) is 20.4. The van der Waals surface area contributed by atoms with Gasteiger partial charge in [0.15, 0.2) is 0 Å².